The molecule has 0 radical (unpaired) electrons. The number of halogens is 1. The SMILES string of the molecule is CCCCc1ccc(C(Cl)C2CCOC2)cc1. The first-order chi connectivity index (χ1) is 8.31. The molecular weight excluding hydrogens is 232 g/mol. The van der Waals surface area contributed by atoms with Crippen molar-refractivity contribution in [2.24, 2.45) is 5.92 Å². The molecule has 1 aromatic rings. The number of hydrogen-bond donors (Lipinski definition) is 0. The normalized spacial score (nSPS) is 21.6. The standard InChI is InChI=1S/C15H21ClO/c1-2-3-4-12-5-7-13(8-6-12)15(16)14-9-10-17-11-14/h5-8,14-15H,2-4,9-11H2,1H3. The average molecular weight is 253 g/mol. The molecule has 0 bridgehead atoms. The van der Waals surface area contributed by atoms with Crippen molar-refractivity contribution in [2.45, 2.75) is 38.0 Å². The number of rotatable bonds is 5. The van der Waals surface area contributed by atoms with Gasteiger partial charge in [0.1, 0.15) is 0 Å². The highest BCUT2D eigenvalue weighted by Crippen LogP contribution is 2.34. The summed E-state index contributed by atoms with van der Waals surface area (Å²) in [6, 6.07) is 8.80. The predicted molar refractivity (Wildman–Crippen MR) is 72.6 cm³/mol. The van der Waals surface area contributed by atoms with E-state index in [-0.39, 0.29) is 5.38 Å². The molecule has 0 N–H and O–H groups in total. The van der Waals surface area contributed by atoms with Crippen LogP contribution in [0.2, 0.25) is 0 Å². The number of alkyl halides is 1. The third kappa shape index (κ3) is 3.46. The molecular formula is C15H21ClO. The van der Waals surface area contributed by atoms with Crippen molar-refractivity contribution in [3.8, 4) is 0 Å². The first-order valence-electron chi connectivity index (χ1n) is 6.62. The molecule has 0 aromatic heterocycles. The zero-order chi connectivity index (χ0) is 12.1. The second-order valence-corrected chi connectivity index (χ2v) is 5.34. The third-order valence-electron chi connectivity index (χ3n) is 3.50. The molecule has 2 unspecified atom stereocenters. The lowest BCUT2D eigenvalue weighted by Crippen LogP contribution is -2.07. The molecule has 1 aliphatic heterocycles. The Morgan fingerprint density at radius 2 is 2.12 bits per heavy atom. The Labute approximate surface area is 109 Å². The molecule has 0 amide bonds. The van der Waals surface area contributed by atoms with Crippen LogP contribution in [-0.4, -0.2) is 13.2 Å². The molecule has 1 nitrogen and oxygen atoms in total. The van der Waals surface area contributed by atoms with Gasteiger partial charge in [-0.1, -0.05) is 37.6 Å². The topological polar surface area (TPSA) is 9.23 Å². The van der Waals surface area contributed by atoms with Gasteiger partial charge in [0.25, 0.3) is 0 Å². The van der Waals surface area contributed by atoms with Crippen LogP contribution < -0.4 is 0 Å². The lowest BCUT2D eigenvalue weighted by Gasteiger charge is -2.16. The van der Waals surface area contributed by atoms with E-state index in [0.717, 1.165) is 19.6 Å². The Hall–Kier alpha value is -0.530. The maximum absolute atomic E-state index is 6.49. The lowest BCUT2D eigenvalue weighted by atomic mass is 9.96. The molecule has 94 valence electrons. The third-order valence-corrected chi connectivity index (χ3v) is 4.10. The Bertz CT molecular complexity index is 327. The summed E-state index contributed by atoms with van der Waals surface area (Å²) in [5, 5.41) is 0.109. The minimum absolute atomic E-state index is 0.109. The highest BCUT2D eigenvalue weighted by molar-refractivity contribution is 6.21. The lowest BCUT2D eigenvalue weighted by molar-refractivity contribution is 0.185. The van der Waals surface area contributed by atoms with Crippen molar-refractivity contribution in [2.75, 3.05) is 13.2 Å². The van der Waals surface area contributed by atoms with Crippen molar-refractivity contribution in [1.29, 1.82) is 0 Å². The van der Waals surface area contributed by atoms with E-state index in [4.69, 9.17) is 16.3 Å². The van der Waals surface area contributed by atoms with Crippen LogP contribution in [0, 0.1) is 5.92 Å². The van der Waals surface area contributed by atoms with Gasteiger partial charge in [0, 0.05) is 12.5 Å². The summed E-state index contributed by atoms with van der Waals surface area (Å²) in [6.07, 6.45) is 4.78. The molecule has 1 saturated heterocycles. The summed E-state index contributed by atoms with van der Waals surface area (Å²) in [7, 11) is 0. The quantitative estimate of drug-likeness (QED) is 0.708. The number of aryl methyl sites for hydroxylation is 1. The van der Waals surface area contributed by atoms with Gasteiger partial charge in [-0.15, -0.1) is 11.6 Å². The fraction of sp³-hybridized carbons (Fsp3) is 0.600. The van der Waals surface area contributed by atoms with Crippen molar-refractivity contribution in [1.82, 2.24) is 0 Å². The van der Waals surface area contributed by atoms with E-state index in [1.807, 2.05) is 0 Å². The molecule has 1 fully saturated rings. The molecule has 0 spiro atoms. The molecule has 0 saturated carbocycles. The van der Waals surface area contributed by atoms with Gasteiger partial charge in [0.2, 0.25) is 0 Å². The summed E-state index contributed by atoms with van der Waals surface area (Å²) >= 11 is 6.49. The smallest absolute Gasteiger partial charge is 0.0636 e. The number of hydrogen-bond acceptors (Lipinski definition) is 1. The van der Waals surface area contributed by atoms with E-state index in [9.17, 15) is 0 Å². The summed E-state index contributed by atoms with van der Waals surface area (Å²) in [6.45, 7) is 3.90. The maximum atomic E-state index is 6.49. The van der Waals surface area contributed by atoms with Crippen LogP contribution in [0.4, 0.5) is 0 Å². The van der Waals surface area contributed by atoms with Gasteiger partial charge in [-0.2, -0.15) is 0 Å². The van der Waals surface area contributed by atoms with Gasteiger partial charge in [-0.3, -0.25) is 0 Å². The molecule has 2 rings (SSSR count). The zero-order valence-electron chi connectivity index (χ0n) is 10.5. The Morgan fingerprint density at radius 3 is 2.71 bits per heavy atom. The van der Waals surface area contributed by atoms with Gasteiger partial charge in [0.05, 0.1) is 12.0 Å². The maximum Gasteiger partial charge on any atom is 0.0636 e. The van der Waals surface area contributed by atoms with Gasteiger partial charge in [-0.05, 0) is 30.4 Å². The van der Waals surface area contributed by atoms with E-state index < -0.39 is 0 Å². The second kappa shape index (κ2) is 6.42. The van der Waals surface area contributed by atoms with Crippen LogP contribution in [0.25, 0.3) is 0 Å². The van der Waals surface area contributed by atoms with Crippen LogP contribution in [0.5, 0.6) is 0 Å². The van der Waals surface area contributed by atoms with E-state index in [0.29, 0.717) is 5.92 Å². The van der Waals surface area contributed by atoms with Crippen LogP contribution in [0.3, 0.4) is 0 Å². The Morgan fingerprint density at radius 1 is 1.35 bits per heavy atom. The first kappa shape index (κ1) is 12.9. The average Bonchev–Trinajstić information content (AvgIpc) is 2.90. The molecule has 0 aliphatic carbocycles. The summed E-state index contributed by atoms with van der Waals surface area (Å²) in [5.74, 6) is 0.484. The second-order valence-electron chi connectivity index (χ2n) is 4.87. The zero-order valence-corrected chi connectivity index (χ0v) is 11.2. The molecule has 1 aliphatic rings. The van der Waals surface area contributed by atoms with Gasteiger partial charge in [-0.25, -0.2) is 0 Å². The van der Waals surface area contributed by atoms with Crippen molar-refractivity contribution >= 4 is 11.6 Å². The van der Waals surface area contributed by atoms with Crippen LogP contribution in [0.1, 0.15) is 42.7 Å². The fourth-order valence-corrected chi connectivity index (χ4v) is 2.65. The number of benzene rings is 1. The van der Waals surface area contributed by atoms with E-state index in [1.165, 1.54) is 30.4 Å². The Balaban J connectivity index is 1.96. The summed E-state index contributed by atoms with van der Waals surface area (Å²) in [4.78, 5) is 0. The Kier molecular flexibility index (Phi) is 4.87. The van der Waals surface area contributed by atoms with Gasteiger partial charge >= 0.3 is 0 Å². The largest absolute Gasteiger partial charge is 0.381 e. The molecule has 2 atom stereocenters. The minimum Gasteiger partial charge on any atom is -0.381 e. The van der Waals surface area contributed by atoms with E-state index in [1.54, 1.807) is 0 Å². The molecule has 17 heavy (non-hydrogen) atoms. The van der Waals surface area contributed by atoms with Crippen molar-refractivity contribution in [3.63, 3.8) is 0 Å². The minimum atomic E-state index is 0.109. The number of unbranched alkanes of at least 4 members (excludes halogenated alkanes) is 1. The first-order valence-corrected chi connectivity index (χ1v) is 7.05. The molecule has 1 heterocycles. The fourth-order valence-electron chi connectivity index (χ4n) is 2.30. The predicted octanol–water partition coefficient (Wildman–Crippen LogP) is 4.35. The molecule has 2 heteroatoms. The van der Waals surface area contributed by atoms with E-state index in [2.05, 4.69) is 31.2 Å². The highest BCUT2D eigenvalue weighted by Gasteiger charge is 2.25. The monoisotopic (exact) mass is 252 g/mol. The van der Waals surface area contributed by atoms with Crippen LogP contribution in [-0.2, 0) is 11.2 Å². The molecule has 1 aromatic carbocycles. The number of ether oxygens (including phenoxy) is 1. The summed E-state index contributed by atoms with van der Waals surface area (Å²) in [5.41, 5.74) is 2.66. The summed E-state index contributed by atoms with van der Waals surface area (Å²) < 4.78 is 5.39. The van der Waals surface area contributed by atoms with Crippen LogP contribution >= 0.6 is 11.6 Å². The van der Waals surface area contributed by atoms with Gasteiger partial charge < -0.3 is 4.74 Å². The van der Waals surface area contributed by atoms with Gasteiger partial charge in [0.15, 0.2) is 0 Å². The van der Waals surface area contributed by atoms with Crippen molar-refractivity contribution in [3.05, 3.63) is 35.4 Å². The van der Waals surface area contributed by atoms with Crippen molar-refractivity contribution < 1.29 is 4.74 Å². The highest BCUT2D eigenvalue weighted by atomic mass is 35.5. The van der Waals surface area contributed by atoms with E-state index >= 15 is 0 Å². The van der Waals surface area contributed by atoms with Crippen LogP contribution in [0.15, 0.2) is 24.3 Å².